The van der Waals surface area contributed by atoms with Crippen molar-refractivity contribution in [1.29, 1.82) is 0 Å². The Bertz CT molecular complexity index is 498. The number of ether oxygens (including phenoxy) is 1. The van der Waals surface area contributed by atoms with E-state index in [9.17, 15) is 4.79 Å². The Morgan fingerprint density at radius 3 is 2.68 bits per heavy atom. The zero-order valence-electron chi connectivity index (χ0n) is 13.5. The number of likely N-dealkylation sites (tertiary alicyclic amines) is 1. The van der Waals surface area contributed by atoms with Crippen LogP contribution >= 0.6 is 27.7 Å². The number of carbonyl (C=O) groups is 1. The van der Waals surface area contributed by atoms with Gasteiger partial charge in [-0.25, -0.2) is 4.79 Å². The molecule has 0 aliphatic carbocycles. The highest BCUT2D eigenvalue weighted by Crippen LogP contribution is 2.27. The molecule has 2 rings (SSSR count). The number of nitrogens with zero attached hydrogens (tertiary/aromatic N) is 1. The fourth-order valence-electron chi connectivity index (χ4n) is 2.44. The summed E-state index contributed by atoms with van der Waals surface area (Å²) >= 11 is 5.32. The molecule has 0 spiro atoms. The molecule has 0 unspecified atom stereocenters. The molecule has 0 aromatic heterocycles. The predicted octanol–water partition coefficient (Wildman–Crippen LogP) is 5.19. The van der Waals surface area contributed by atoms with Crippen molar-refractivity contribution in [2.45, 2.75) is 44.1 Å². The largest absolute Gasteiger partial charge is 0.444 e. The molecule has 1 aromatic rings. The van der Waals surface area contributed by atoms with Gasteiger partial charge in [-0.1, -0.05) is 15.9 Å². The minimum absolute atomic E-state index is 0.175. The summed E-state index contributed by atoms with van der Waals surface area (Å²) in [6.07, 6.45) is 2.07. The second-order valence-corrected chi connectivity index (χ2v) is 8.71. The van der Waals surface area contributed by atoms with Crippen molar-refractivity contribution in [1.82, 2.24) is 4.90 Å². The van der Waals surface area contributed by atoms with Crippen LogP contribution in [0.5, 0.6) is 0 Å². The summed E-state index contributed by atoms with van der Waals surface area (Å²) in [5.41, 5.74) is -0.420. The number of benzene rings is 1. The molecule has 1 amide bonds. The molecule has 5 heteroatoms. The van der Waals surface area contributed by atoms with Crippen LogP contribution in [0.15, 0.2) is 33.6 Å². The molecule has 0 saturated carbocycles. The van der Waals surface area contributed by atoms with E-state index in [0.29, 0.717) is 5.92 Å². The summed E-state index contributed by atoms with van der Waals surface area (Å²) in [6, 6.07) is 8.39. The summed E-state index contributed by atoms with van der Waals surface area (Å²) in [5, 5.41) is 0. The first-order valence-corrected chi connectivity index (χ1v) is 9.47. The van der Waals surface area contributed by atoms with Crippen molar-refractivity contribution >= 4 is 33.8 Å². The van der Waals surface area contributed by atoms with Gasteiger partial charge in [0.15, 0.2) is 0 Å². The van der Waals surface area contributed by atoms with Crippen molar-refractivity contribution in [2.75, 3.05) is 18.8 Å². The van der Waals surface area contributed by atoms with E-state index in [1.165, 1.54) is 11.3 Å². The third kappa shape index (κ3) is 5.84. The van der Waals surface area contributed by atoms with Crippen molar-refractivity contribution in [3.8, 4) is 0 Å². The maximum Gasteiger partial charge on any atom is 0.410 e. The lowest BCUT2D eigenvalue weighted by atomic mass is 10.0. The molecule has 1 aromatic carbocycles. The number of piperidine rings is 1. The number of hydrogen-bond acceptors (Lipinski definition) is 3. The second kappa shape index (κ2) is 7.73. The third-order valence-corrected chi connectivity index (χ3v) is 5.24. The minimum Gasteiger partial charge on any atom is -0.444 e. The first-order chi connectivity index (χ1) is 10.3. The van der Waals surface area contributed by atoms with Crippen LogP contribution in [0.25, 0.3) is 0 Å². The molecule has 1 fully saturated rings. The summed E-state index contributed by atoms with van der Waals surface area (Å²) in [4.78, 5) is 15.3. The number of amides is 1. The summed E-state index contributed by atoms with van der Waals surface area (Å²) in [7, 11) is 0. The summed E-state index contributed by atoms with van der Waals surface area (Å²) in [5.74, 6) is 1.58. The average Bonchev–Trinajstić information content (AvgIpc) is 2.45. The Hall–Kier alpha value is -0.680. The molecule has 1 atom stereocenters. The van der Waals surface area contributed by atoms with Crippen LogP contribution in [-0.2, 0) is 4.74 Å². The molecule has 0 N–H and O–H groups in total. The molecule has 0 bridgehead atoms. The predicted molar refractivity (Wildman–Crippen MR) is 95.4 cm³/mol. The van der Waals surface area contributed by atoms with Gasteiger partial charge < -0.3 is 9.64 Å². The van der Waals surface area contributed by atoms with E-state index in [1.807, 2.05) is 37.4 Å². The topological polar surface area (TPSA) is 29.5 Å². The Kier molecular flexibility index (Phi) is 6.21. The molecular weight excluding hydrogens is 362 g/mol. The van der Waals surface area contributed by atoms with Gasteiger partial charge in [0.25, 0.3) is 0 Å². The Morgan fingerprint density at radius 1 is 1.36 bits per heavy atom. The van der Waals surface area contributed by atoms with Gasteiger partial charge in [-0.3, -0.25) is 0 Å². The molecule has 1 aliphatic heterocycles. The zero-order valence-corrected chi connectivity index (χ0v) is 15.9. The molecular formula is C17H24BrNO2S. The first kappa shape index (κ1) is 17.7. The Balaban J connectivity index is 1.82. The highest BCUT2D eigenvalue weighted by molar-refractivity contribution is 9.10. The maximum absolute atomic E-state index is 12.2. The van der Waals surface area contributed by atoms with Crippen LogP contribution in [0.4, 0.5) is 4.79 Å². The van der Waals surface area contributed by atoms with Crippen LogP contribution in [0.2, 0.25) is 0 Å². The van der Waals surface area contributed by atoms with Crippen LogP contribution in [0.3, 0.4) is 0 Å². The van der Waals surface area contributed by atoms with Crippen molar-refractivity contribution in [3.05, 3.63) is 28.7 Å². The van der Waals surface area contributed by atoms with E-state index >= 15 is 0 Å². The molecule has 1 heterocycles. The zero-order chi connectivity index (χ0) is 16.2. The normalized spacial score (nSPS) is 19.1. The first-order valence-electron chi connectivity index (χ1n) is 7.70. The molecule has 3 nitrogen and oxygen atoms in total. The SMILES string of the molecule is CC(C)(C)OC(=O)N1CCC[C@H](CSc2ccc(Br)cc2)C1. The van der Waals surface area contributed by atoms with E-state index in [0.717, 1.165) is 29.7 Å². The van der Waals surface area contributed by atoms with Crippen LogP contribution in [-0.4, -0.2) is 35.4 Å². The van der Waals surface area contributed by atoms with Crippen LogP contribution in [0.1, 0.15) is 33.6 Å². The standard InChI is InChI=1S/C17H24BrNO2S/c1-17(2,3)21-16(20)19-10-4-5-13(11-19)12-22-15-8-6-14(18)7-9-15/h6-9,13H,4-5,10-12H2,1-3H3/t13-/m0/s1. The van der Waals surface area contributed by atoms with E-state index in [4.69, 9.17) is 4.74 Å². The number of carbonyl (C=O) groups excluding carboxylic acids is 1. The number of thioether (sulfide) groups is 1. The lowest BCUT2D eigenvalue weighted by Gasteiger charge is -2.34. The smallest absolute Gasteiger partial charge is 0.410 e. The molecule has 122 valence electrons. The van der Waals surface area contributed by atoms with E-state index in [1.54, 1.807) is 0 Å². The van der Waals surface area contributed by atoms with Crippen LogP contribution in [0, 0.1) is 5.92 Å². The van der Waals surface area contributed by atoms with E-state index in [-0.39, 0.29) is 6.09 Å². The highest BCUT2D eigenvalue weighted by Gasteiger charge is 2.27. The van der Waals surface area contributed by atoms with Gasteiger partial charge in [0.1, 0.15) is 5.60 Å². The molecule has 22 heavy (non-hydrogen) atoms. The number of hydrogen-bond donors (Lipinski definition) is 0. The van der Waals surface area contributed by atoms with Crippen molar-refractivity contribution < 1.29 is 9.53 Å². The quantitative estimate of drug-likeness (QED) is 0.670. The van der Waals surface area contributed by atoms with Gasteiger partial charge in [0.05, 0.1) is 0 Å². The summed E-state index contributed by atoms with van der Waals surface area (Å²) < 4.78 is 6.58. The molecule has 1 saturated heterocycles. The molecule has 0 radical (unpaired) electrons. The third-order valence-electron chi connectivity index (χ3n) is 3.47. The maximum atomic E-state index is 12.2. The lowest BCUT2D eigenvalue weighted by molar-refractivity contribution is 0.0177. The van der Waals surface area contributed by atoms with E-state index in [2.05, 4.69) is 40.2 Å². The molecule has 1 aliphatic rings. The van der Waals surface area contributed by atoms with Gasteiger partial charge in [-0.2, -0.15) is 0 Å². The Morgan fingerprint density at radius 2 is 2.05 bits per heavy atom. The Labute approximate surface area is 145 Å². The fourth-order valence-corrected chi connectivity index (χ4v) is 3.73. The van der Waals surface area contributed by atoms with Crippen molar-refractivity contribution in [2.24, 2.45) is 5.92 Å². The highest BCUT2D eigenvalue weighted by atomic mass is 79.9. The number of rotatable bonds is 3. The van der Waals surface area contributed by atoms with Crippen LogP contribution < -0.4 is 0 Å². The van der Waals surface area contributed by atoms with Gasteiger partial charge in [0.2, 0.25) is 0 Å². The van der Waals surface area contributed by atoms with Gasteiger partial charge >= 0.3 is 6.09 Å². The van der Waals surface area contributed by atoms with Gasteiger partial charge in [-0.15, -0.1) is 11.8 Å². The second-order valence-electron chi connectivity index (χ2n) is 6.70. The summed E-state index contributed by atoms with van der Waals surface area (Å²) in [6.45, 7) is 7.36. The fraction of sp³-hybridized carbons (Fsp3) is 0.588. The monoisotopic (exact) mass is 385 g/mol. The van der Waals surface area contributed by atoms with Gasteiger partial charge in [-0.05, 0) is 63.8 Å². The lowest BCUT2D eigenvalue weighted by Crippen LogP contribution is -2.43. The minimum atomic E-state index is -0.420. The van der Waals surface area contributed by atoms with Crippen molar-refractivity contribution in [3.63, 3.8) is 0 Å². The average molecular weight is 386 g/mol. The van der Waals surface area contributed by atoms with E-state index < -0.39 is 5.60 Å². The van der Waals surface area contributed by atoms with Gasteiger partial charge in [0, 0.05) is 28.2 Å². The number of halogens is 1.